The Morgan fingerprint density at radius 2 is 1.70 bits per heavy atom. The van der Waals surface area contributed by atoms with Crippen molar-refractivity contribution < 1.29 is 14.3 Å². The van der Waals surface area contributed by atoms with Crippen LogP contribution in [0.15, 0.2) is 54.6 Å². The highest BCUT2D eigenvalue weighted by Crippen LogP contribution is 2.10. The molecule has 0 aromatic heterocycles. The maximum Gasteiger partial charge on any atom is 0.328 e. The molecule has 0 bridgehead atoms. The van der Waals surface area contributed by atoms with E-state index in [0.717, 1.165) is 11.3 Å². The average molecular weight is 312 g/mol. The van der Waals surface area contributed by atoms with Crippen LogP contribution in [0.25, 0.3) is 0 Å². The summed E-state index contributed by atoms with van der Waals surface area (Å²) in [4.78, 5) is 24.3. The molecule has 0 heterocycles. The lowest BCUT2D eigenvalue weighted by Crippen LogP contribution is -2.43. The molecule has 1 amide bonds. The predicted molar refractivity (Wildman–Crippen MR) is 89.4 cm³/mol. The number of amides is 1. The van der Waals surface area contributed by atoms with Crippen LogP contribution < -0.4 is 10.6 Å². The first-order valence-corrected chi connectivity index (χ1v) is 7.34. The van der Waals surface area contributed by atoms with Crippen molar-refractivity contribution in [2.45, 2.75) is 12.5 Å². The zero-order valence-corrected chi connectivity index (χ0v) is 13.2. The number of carbonyl (C=O) groups excluding carboxylic acids is 2. The van der Waals surface area contributed by atoms with Crippen LogP contribution in [0.4, 0.5) is 5.69 Å². The smallest absolute Gasteiger partial charge is 0.328 e. The molecule has 0 radical (unpaired) electrons. The van der Waals surface area contributed by atoms with Crippen molar-refractivity contribution in [1.29, 1.82) is 0 Å². The molecular formula is C18H20N2O3. The van der Waals surface area contributed by atoms with E-state index in [4.69, 9.17) is 4.74 Å². The number of rotatable bonds is 6. The third-order valence-corrected chi connectivity index (χ3v) is 3.51. The van der Waals surface area contributed by atoms with Gasteiger partial charge in [0.05, 0.1) is 7.11 Å². The van der Waals surface area contributed by atoms with Gasteiger partial charge >= 0.3 is 5.97 Å². The second-order valence-corrected chi connectivity index (χ2v) is 5.07. The Bertz CT molecular complexity index is 654. The minimum atomic E-state index is -0.723. The fraction of sp³-hybridized carbons (Fsp3) is 0.222. The molecule has 0 aliphatic rings. The number of hydrogen-bond donors (Lipinski definition) is 2. The highest BCUT2D eigenvalue weighted by molar-refractivity contribution is 5.97. The van der Waals surface area contributed by atoms with E-state index in [9.17, 15) is 9.59 Å². The summed E-state index contributed by atoms with van der Waals surface area (Å²) in [5, 5.41) is 5.72. The minimum Gasteiger partial charge on any atom is -0.467 e. The molecule has 0 fully saturated rings. The van der Waals surface area contributed by atoms with E-state index in [0.29, 0.717) is 12.0 Å². The zero-order valence-electron chi connectivity index (χ0n) is 13.2. The van der Waals surface area contributed by atoms with E-state index < -0.39 is 12.0 Å². The summed E-state index contributed by atoms with van der Waals surface area (Å²) in [7, 11) is 3.12. The summed E-state index contributed by atoms with van der Waals surface area (Å²) >= 11 is 0. The van der Waals surface area contributed by atoms with Crippen molar-refractivity contribution in [1.82, 2.24) is 5.32 Å². The molecule has 0 aliphatic heterocycles. The maximum absolute atomic E-state index is 12.3. The van der Waals surface area contributed by atoms with Crippen LogP contribution in [0.2, 0.25) is 0 Å². The number of anilines is 1. The first kappa shape index (κ1) is 16.5. The van der Waals surface area contributed by atoms with Crippen LogP contribution in [-0.4, -0.2) is 32.1 Å². The van der Waals surface area contributed by atoms with Crippen molar-refractivity contribution in [3.05, 3.63) is 65.7 Å². The lowest BCUT2D eigenvalue weighted by atomic mass is 10.1. The van der Waals surface area contributed by atoms with Crippen LogP contribution in [-0.2, 0) is 16.0 Å². The topological polar surface area (TPSA) is 67.4 Å². The molecule has 0 saturated heterocycles. The van der Waals surface area contributed by atoms with Gasteiger partial charge in [-0.25, -0.2) is 4.79 Å². The van der Waals surface area contributed by atoms with E-state index in [1.165, 1.54) is 7.11 Å². The molecule has 5 heteroatoms. The highest BCUT2D eigenvalue weighted by atomic mass is 16.5. The van der Waals surface area contributed by atoms with Gasteiger partial charge in [-0.05, 0) is 29.8 Å². The van der Waals surface area contributed by atoms with Gasteiger partial charge in [-0.2, -0.15) is 0 Å². The van der Waals surface area contributed by atoms with E-state index >= 15 is 0 Å². The van der Waals surface area contributed by atoms with Gasteiger partial charge in [0.1, 0.15) is 6.04 Å². The lowest BCUT2D eigenvalue weighted by molar-refractivity contribution is -0.142. The Kier molecular flexibility index (Phi) is 5.74. The Hall–Kier alpha value is -2.82. The van der Waals surface area contributed by atoms with Crippen molar-refractivity contribution >= 4 is 17.6 Å². The molecular weight excluding hydrogens is 292 g/mol. The molecule has 2 aromatic rings. The van der Waals surface area contributed by atoms with Crippen LogP contribution in [0.5, 0.6) is 0 Å². The Labute approximate surface area is 135 Å². The SMILES string of the molecule is CNc1ccc(C(=O)NC(Cc2ccccc2)C(=O)OC)cc1. The normalized spacial score (nSPS) is 11.4. The van der Waals surface area contributed by atoms with Gasteiger partial charge in [0, 0.05) is 24.7 Å². The van der Waals surface area contributed by atoms with Crippen molar-refractivity contribution in [2.24, 2.45) is 0 Å². The summed E-state index contributed by atoms with van der Waals surface area (Å²) in [5.74, 6) is -0.770. The molecule has 2 aromatic carbocycles. The summed E-state index contributed by atoms with van der Waals surface area (Å²) < 4.78 is 4.79. The summed E-state index contributed by atoms with van der Waals surface area (Å²) in [6.45, 7) is 0. The first-order valence-electron chi connectivity index (χ1n) is 7.34. The molecule has 0 spiro atoms. The second kappa shape index (κ2) is 7.98. The maximum atomic E-state index is 12.3. The van der Waals surface area contributed by atoms with E-state index in [1.54, 1.807) is 24.3 Å². The van der Waals surface area contributed by atoms with E-state index in [-0.39, 0.29) is 5.91 Å². The van der Waals surface area contributed by atoms with Gasteiger partial charge in [-0.1, -0.05) is 30.3 Å². The van der Waals surface area contributed by atoms with Crippen molar-refractivity contribution in [3.63, 3.8) is 0 Å². The molecule has 1 unspecified atom stereocenters. The second-order valence-electron chi connectivity index (χ2n) is 5.07. The fourth-order valence-electron chi connectivity index (χ4n) is 2.22. The average Bonchev–Trinajstić information content (AvgIpc) is 2.61. The number of methoxy groups -OCH3 is 1. The quantitative estimate of drug-likeness (QED) is 0.803. The van der Waals surface area contributed by atoms with Gasteiger partial charge in [0.25, 0.3) is 5.91 Å². The number of ether oxygens (including phenoxy) is 1. The van der Waals surface area contributed by atoms with Crippen LogP contribution >= 0.6 is 0 Å². The Balaban J connectivity index is 2.10. The summed E-state index contributed by atoms with van der Waals surface area (Å²) in [6.07, 6.45) is 0.383. The monoisotopic (exact) mass is 312 g/mol. The van der Waals surface area contributed by atoms with Crippen LogP contribution in [0.1, 0.15) is 15.9 Å². The van der Waals surface area contributed by atoms with Gasteiger partial charge in [0.15, 0.2) is 0 Å². The standard InChI is InChI=1S/C18H20N2O3/c1-19-15-10-8-14(9-11-15)17(21)20-16(18(22)23-2)12-13-6-4-3-5-7-13/h3-11,16,19H,12H2,1-2H3,(H,20,21). The molecule has 120 valence electrons. The fourth-order valence-corrected chi connectivity index (χ4v) is 2.22. The molecule has 0 saturated carbocycles. The highest BCUT2D eigenvalue weighted by Gasteiger charge is 2.22. The van der Waals surface area contributed by atoms with Crippen LogP contribution in [0, 0.1) is 0 Å². The molecule has 23 heavy (non-hydrogen) atoms. The van der Waals surface area contributed by atoms with E-state index in [1.807, 2.05) is 37.4 Å². The number of benzene rings is 2. The lowest BCUT2D eigenvalue weighted by Gasteiger charge is -2.17. The van der Waals surface area contributed by atoms with Crippen LogP contribution in [0.3, 0.4) is 0 Å². The van der Waals surface area contributed by atoms with Crippen molar-refractivity contribution in [2.75, 3.05) is 19.5 Å². The summed E-state index contributed by atoms with van der Waals surface area (Å²) in [6, 6.07) is 15.8. The van der Waals surface area contributed by atoms with Crippen molar-refractivity contribution in [3.8, 4) is 0 Å². The molecule has 2 rings (SSSR count). The predicted octanol–water partition coefficient (Wildman–Crippen LogP) is 2.24. The van der Waals surface area contributed by atoms with Gasteiger partial charge < -0.3 is 15.4 Å². The Morgan fingerprint density at radius 1 is 1.04 bits per heavy atom. The summed E-state index contributed by atoms with van der Waals surface area (Å²) in [5.41, 5.74) is 2.36. The number of carbonyl (C=O) groups is 2. The third-order valence-electron chi connectivity index (χ3n) is 3.51. The third kappa shape index (κ3) is 4.57. The molecule has 0 aliphatic carbocycles. The minimum absolute atomic E-state index is 0.306. The largest absolute Gasteiger partial charge is 0.467 e. The molecule has 5 nitrogen and oxygen atoms in total. The number of esters is 1. The van der Waals surface area contributed by atoms with Gasteiger partial charge in [-0.3, -0.25) is 4.79 Å². The van der Waals surface area contributed by atoms with E-state index in [2.05, 4.69) is 10.6 Å². The Morgan fingerprint density at radius 3 is 2.26 bits per heavy atom. The first-order chi connectivity index (χ1) is 11.1. The molecule has 1 atom stereocenters. The molecule has 2 N–H and O–H groups in total. The van der Waals surface area contributed by atoms with Gasteiger partial charge in [0.2, 0.25) is 0 Å². The zero-order chi connectivity index (χ0) is 16.7. The van der Waals surface area contributed by atoms with Gasteiger partial charge in [-0.15, -0.1) is 0 Å². The number of nitrogens with one attached hydrogen (secondary N) is 2. The number of hydrogen-bond acceptors (Lipinski definition) is 4.